The Kier molecular flexibility index (Phi) is 6.85. The third kappa shape index (κ3) is 5.59. The van der Waals surface area contributed by atoms with Gasteiger partial charge in [0.15, 0.2) is 5.82 Å². The smallest absolute Gasteiger partial charge is 0.305 e. The third-order valence-corrected chi connectivity index (χ3v) is 6.18. The fraction of sp³-hybridized carbons (Fsp3) is 0.400. The number of aromatic amines is 1. The third-order valence-electron chi connectivity index (χ3n) is 6.18. The van der Waals surface area contributed by atoms with Crippen LogP contribution in [0.4, 0.5) is 10.3 Å². The van der Waals surface area contributed by atoms with E-state index in [0.29, 0.717) is 22.9 Å². The second kappa shape index (κ2) is 10.2. The highest BCUT2D eigenvalue weighted by Crippen LogP contribution is 2.36. The van der Waals surface area contributed by atoms with Gasteiger partial charge in [-0.05, 0) is 38.0 Å². The molecule has 4 N–H and O–H groups in total. The number of hydrogen-bond donors (Lipinski definition) is 4. The van der Waals surface area contributed by atoms with Crippen LogP contribution in [0.2, 0.25) is 0 Å². The number of nitrogens with one attached hydrogen (secondary N) is 3. The molecule has 11 nitrogen and oxygen atoms in total. The maximum absolute atomic E-state index is 14.8. The van der Waals surface area contributed by atoms with Gasteiger partial charge in [-0.15, -0.1) is 0 Å². The van der Waals surface area contributed by atoms with E-state index in [2.05, 4.69) is 30.6 Å². The first-order valence-corrected chi connectivity index (χ1v) is 12.0. The highest BCUT2D eigenvalue weighted by molar-refractivity contribution is 5.83. The van der Waals surface area contributed by atoms with Gasteiger partial charge in [0.1, 0.15) is 11.5 Å². The number of amides is 1. The average molecular weight is 511 g/mol. The van der Waals surface area contributed by atoms with E-state index in [1.165, 1.54) is 12.3 Å². The molecule has 2 aliphatic rings. The topological polar surface area (TPSA) is 151 Å². The Morgan fingerprint density at radius 3 is 2.65 bits per heavy atom. The molecule has 37 heavy (non-hydrogen) atoms. The lowest BCUT2D eigenvalue weighted by molar-refractivity contribution is -0.231. The van der Waals surface area contributed by atoms with Crippen molar-refractivity contribution < 1.29 is 28.6 Å². The molecule has 0 atom stereocenters. The second-order valence-electron chi connectivity index (χ2n) is 9.42. The number of carbonyl (C=O) groups is 2. The van der Waals surface area contributed by atoms with Gasteiger partial charge in [-0.1, -0.05) is 12.1 Å². The molecule has 0 unspecified atom stereocenters. The van der Waals surface area contributed by atoms with E-state index in [9.17, 15) is 14.0 Å². The van der Waals surface area contributed by atoms with Crippen molar-refractivity contribution in [2.75, 3.05) is 25.1 Å². The Bertz CT molecular complexity index is 1300. The highest BCUT2D eigenvalue weighted by Gasteiger charge is 2.42. The van der Waals surface area contributed by atoms with Gasteiger partial charge in [0.2, 0.25) is 18.1 Å². The Labute approximate surface area is 211 Å². The number of rotatable bonds is 9. The molecule has 0 radical (unpaired) electrons. The van der Waals surface area contributed by atoms with E-state index in [-0.39, 0.29) is 49.6 Å². The molecule has 2 fully saturated rings. The van der Waals surface area contributed by atoms with Crippen LogP contribution >= 0.6 is 0 Å². The van der Waals surface area contributed by atoms with Crippen molar-refractivity contribution in [3.05, 3.63) is 48.2 Å². The fourth-order valence-corrected chi connectivity index (χ4v) is 3.89. The molecule has 0 bridgehead atoms. The molecule has 194 valence electrons. The Hall–Kier alpha value is -3.90. The molecule has 2 aromatic heterocycles. The highest BCUT2D eigenvalue weighted by atomic mass is 19.1. The number of carboxylic acid groups (broad SMARTS) is 1. The van der Waals surface area contributed by atoms with Gasteiger partial charge in [-0.2, -0.15) is 0 Å². The molecular formula is C25H27FN6O5. The summed E-state index contributed by atoms with van der Waals surface area (Å²) in [6, 6.07) is 8.09. The molecule has 3 heterocycles. The van der Waals surface area contributed by atoms with Gasteiger partial charge in [0.05, 0.1) is 36.4 Å². The van der Waals surface area contributed by atoms with Crippen LogP contribution in [0.3, 0.4) is 0 Å². The van der Waals surface area contributed by atoms with Crippen LogP contribution in [-0.2, 0) is 19.1 Å². The number of ether oxygens (including phenoxy) is 2. The van der Waals surface area contributed by atoms with E-state index < -0.39 is 23.5 Å². The van der Waals surface area contributed by atoms with Crippen molar-refractivity contribution in [3.8, 4) is 22.6 Å². The van der Waals surface area contributed by atoms with Crippen LogP contribution in [0.15, 0.2) is 36.5 Å². The summed E-state index contributed by atoms with van der Waals surface area (Å²) < 4.78 is 26.6. The molecular weight excluding hydrogens is 483 g/mol. The van der Waals surface area contributed by atoms with Crippen molar-refractivity contribution in [1.29, 1.82) is 0 Å². The molecule has 5 rings (SSSR count). The molecule has 1 aliphatic heterocycles. The minimum absolute atomic E-state index is 0.101. The number of benzene rings is 1. The molecule has 1 saturated carbocycles. The summed E-state index contributed by atoms with van der Waals surface area (Å²) in [5.74, 6) is -0.999. The summed E-state index contributed by atoms with van der Waals surface area (Å²) in [5.41, 5.74) is 0.551. The number of anilines is 1. The van der Waals surface area contributed by atoms with Gasteiger partial charge in [0.25, 0.3) is 0 Å². The monoisotopic (exact) mass is 510 g/mol. The molecule has 1 amide bonds. The predicted molar refractivity (Wildman–Crippen MR) is 130 cm³/mol. The van der Waals surface area contributed by atoms with E-state index in [1.807, 2.05) is 0 Å². The first-order chi connectivity index (χ1) is 17.8. The van der Waals surface area contributed by atoms with Crippen molar-refractivity contribution in [2.24, 2.45) is 5.41 Å². The predicted octanol–water partition coefficient (Wildman–Crippen LogP) is 2.89. The van der Waals surface area contributed by atoms with Gasteiger partial charge < -0.3 is 30.2 Å². The van der Waals surface area contributed by atoms with Crippen molar-refractivity contribution >= 4 is 17.8 Å². The largest absolute Gasteiger partial charge is 0.481 e. The van der Waals surface area contributed by atoms with Crippen LogP contribution in [0.5, 0.6) is 0 Å². The lowest BCUT2D eigenvalue weighted by Gasteiger charge is -2.35. The normalized spacial score (nSPS) is 21.4. The van der Waals surface area contributed by atoms with Crippen LogP contribution < -0.4 is 10.6 Å². The number of nitrogens with zero attached hydrogens (tertiary/aromatic N) is 3. The summed E-state index contributed by atoms with van der Waals surface area (Å²) in [4.78, 5) is 39.8. The number of aromatic nitrogens is 4. The maximum atomic E-state index is 14.8. The van der Waals surface area contributed by atoms with Crippen LogP contribution in [0.1, 0.15) is 38.3 Å². The van der Waals surface area contributed by atoms with Gasteiger partial charge in [-0.3, -0.25) is 9.59 Å². The van der Waals surface area contributed by atoms with Crippen molar-refractivity contribution in [1.82, 2.24) is 25.3 Å². The number of carboxylic acids is 1. The molecule has 1 aromatic carbocycles. The fourth-order valence-electron chi connectivity index (χ4n) is 3.89. The Morgan fingerprint density at radius 2 is 1.95 bits per heavy atom. The molecule has 1 saturated heterocycles. The summed E-state index contributed by atoms with van der Waals surface area (Å²) >= 11 is 0. The minimum Gasteiger partial charge on any atom is -0.481 e. The molecule has 12 heteroatoms. The van der Waals surface area contributed by atoms with Crippen LogP contribution in [0, 0.1) is 11.2 Å². The quantitative estimate of drug-likeness (QED) is 0.340. The molecule has 1 aliphatic carbocycles. The van der Waals surface area contributed by atoms with Crippen molar-refractivity contribution in [3.63, 3.8) is 0 Å². The van der Waals surface area contributed by atoms with E-state index in [1.54, 1.807) is 31.2 Å². The number of halogens is 1. The number of hydrogen-bond acceptors (Lipinski definition) is 8. The van der Waals surface area contributed by atoms with Gasteiger partial charge in [0, 0.05) is 24.3 Å². The maximum Gasteiger partial charge on any atom is 0.305 e. The van der Waals surface area contributed by atoms with E-state index >= 15 is 0 Å². The first kappa shape index (κ1) is 24.8. The zero-order valence-electron chi connectivity index (χ0n) is 20.2. The number of carbonyl (C=O) groups excluding carboxylic acids is 1. The summed E-state index contributed by atoms with van der Waals surface area (Å²) in [6.07, 6.45) is 2.49. The summed E-state index contributed by atoms with van der Waals surface area (Å²) in [6.45, 7) is 2.20. The van der Waals surface area contributed by atoms with E-state index in [4.69, 9.17) is 14.6 Å². The van der Waals surface area contributed by atoms with Gasteiger partial charge >= 0.3 is 5.97 Å². The van der Waals surface area contributed by atoms with Crippen LogP contribution in [0.25, 0.3) is 22.6 Å². The average Bonchev–Trinajstić information content (AvgIpc) is 3.59. The lowest BCUT2D eigenvalue weighted by Crippen LogP contribution is -2.49. The summed E-state index contributed by atoms with van der Waals surface area (Å²) in [5, 5.41) is 14.7. The number of imidazole rings is 1. The lowest BCUT2D eigenvalue weighted by atomic mass is 9.91. The standard InChI is InChI=1S/C25H27FN6O5/c1-25(23(35)29-14-6-7-14)12-36-22(37-13-25)21-31-19(15-4-2-3-5-16(15)26)20(32-21)17-8-10-27-24(30-17)28-11-9-18(33)34/h2-5,8,10,14,22H,6-7,9,11-13H2,1H3,(H,29,35)(H,31,32)(H,33,34)(H,27,28,30). The number of H-pyrrole nitrogens is 1. The SMILES string of the molecule is CC1(C(=O)NC2CC2)COC(c2nc(-c3ccccc3F)c(-c3ccnc(NCCC(=O)O)n3)[nH]2)OC1. The minimum atomic E-state index is -0.947. The zero-order valence-corrected chi connectivity index (χ0v) is 20.2. The first-order valence-electron chi connectivity index (χ1n) is 12.0. The van der Waals surface area contributed by atoms with Gasteiger partial charge in [-0.25, -0.2) is 19.3 Å². The zero-order chi connectivity index (χ0) is 26.0. The van der Waals surface area contributed by atoms with E-state index in [0.717, 1.165) is 12.8 Å². The molecule has 3 aromatic rings. The second-order valence-corrected chi connectivity index (χ2v) is 9.42. The molecule has 0 spiro atoms. The van der Waals surface area contributed by atoms with Crippen LogP contribution in [-0.4, -0.2) is 62.7 Å². The number of aliphatic carboxylic acids is 1. The Balaban J connectivity index is 1.41. The Morgan fingerprint density at radius 1 is 1.19 bits per heavy atom. The van der Waals surface area contributed by atoms with Crippen molar-refractivity contribution in [2.45, 2.75) is 38.5 Å². The summed E-state index contributed by atoms with van der Waals surface area (Å²) in [7, 11) is 0.